The topological polar surface area (TPSA) is 32.3 Å². The van der Waals surface area contributed by atoms with Gasteiger partial charge in [-0.15, -0.1) is 0 Å². The van der Waals surface area contributed by atoms with Gasteiger partial charge in [0.25, 0.3) is 0 Å². The van der Waals surface area contributed by atoms with E-state index in [1.54, 1.807) is 12.1 Å². The second-order valence-corrected chi connectivity index (χ2v) is 5.99. The van der Waals surface area contributed by atoms with Crippen LogP contribution in [0.4, 0.5) is 0 Å². The van der Waals surface area contributed by atoms with Crippen molar-refractivity contribution in [1.29, 1.82) is 0 Å². The van der Waals surface area contributed by atoms with Crippen LogP contribution in [0.3, 0.4) is 0 Å². The van der Waals surface area contributed by atoms with Gasteiger partial charge in [0, 0.05) is 17.6 Å². The van der Waals surface area contributed by atoms with Gasteiger partial charge in [0.05, 0.1) is 0 Å². The SMILES string of the molecule is Cc1cc(Cl)ccc1CNC(C)CCc1ccc(O)cc1. The average molecular weight is 304 g/mol. The molecule has 0 aliphatic rings. The lowest BCUT2D eigenvalue weighted by Crippen LogP contribution is -2.26. The highest BCUT2D eigenvalue weighted by atomic mass is 35.5. The summed E-state index contributed by atoms with van der Waals surface area (Å²) in [6.45, 7) is 5.15. The van der Waals surface area contributed by atoms with Gasteiger partial charge in [0.15, 0.2) is 0 Å². The summed E-state index contributed by atoms with van der Waals surface area (Å²) in [6.07, 6.45) is 2.07. The Kier molecular flexibility index (Phi) is 5.66. The summed E-state index contributed by atoms with van der Waals surface area (Å²) in [5, 5.41) is 13.6. The van der Waals surface area contributed by atoms with Gasteiger partial charge in [-0.1, -0.05) is 29.8 Å². The molecule has 1 atom stereocenters. The second-order valence-electron chi connectivity index (χ2n) is 5.56. The number of benzene rings is 2. The maximum atomic E-state index is 9.27. The Morgan fingerprint density at radius 1 is 1.14 bits per heavy atom. The van der Waals surface area contributed by atoms with Gasteiger partial charge in [-0.2, -0.15) is 0 Å². The van der Waals surface area contributed by atoms with Crippen LogP contribution in [-0.4, -0.2) is 11.1 Å². The normalized spacial score (nSPS) is 12.3. The average Bonchev–Trinajstić information content (AvgIpc) is 2.46. The molecule has 0 radical (unpaired) electrons. The molecule has 2 nitrogen and oxygen atoms in total. The molecule has 2 N–H and O–H groups in total. The number of aryl methyl sites for hydroxylation is 2. The Balaban J connectivity index is 1.79. The molecule has 0 fully saturated rings. The fourth-order valence-corrected chi connectivity index (χ4v) is 2.52. The molecule has 0 saturated carbocycles. The Morgan fingerprint density at radius 3 is 2.52 bits per heavy atom. The molecule has 0 aliphatic carbocycles. The molecular formula is C18H22ClNO. The summed E-state index contributed by atoms with van der Waals surface area (Å²) in [5.41, 5.74) is 3.76. The number of nitrogens with one attached hydrogen (secondary N) is 1. The van der Waals surface area contributed by atoms with Crippen LogP contribution in [0, 0.1) is 6.92 Å². The Labute approximate surface area is 131 Å². The minimum Gasteiger partial charge on any atom is -0.508 e. The van der Waals surface area contributed by atoms with Crippen molar-refractivity contribution in [2.45, 2.75) is 39.3 Å². The number of rotatable bonds is 6. The van der Waals surface area contributed by atoms with Crippen molar-refractivity contribution in [3.63, 3.8) is 0 Å². The van der Waals surface area contributed by atoms with Gasteiger partial charge in [-0.25, -0.2) is 0 Å². The van der Waals surface area contributed by atoms with Gasteiger partial charge in [-0.05, 0) is 67.6 Å². The van der Waals surface area contributed by atoms with Crippen molar-refractivity contribution < 1.29 is 5.11 Å². The quantitative estimate of drug-likeness (QED) is 0.825. The molecule has 2 rings (SSSR count). The van der Waals surface area contributed by atoms with Crippen molar-refractivity contribution in [2.75, 3.05) is 0 Å². The predicted molar refractivity (Wildman–Crippen MR) is 88.9 cm³/mol. The summed E-state index contributed by atoms with van der Waals surface area (Å²) in [6, 6.07) is 13.9. The first-order chi connectivity index (χ1) is 10.0. The first kappa shape index (κ1) is 15.9. The largest absolute Gasteiger partial charge is 0.508 e. The lowest BCUT2D eigenvalue weighted by Gasteiger charge is -2.15. The first-order valence-corrected chi connectivity index (χ1v) is 7.68. The third kappa shape index (κ3) is 5.07. The number of phenolic OH excluding ortho intramolecular Hbond substituents is 1. The summed E-state index contributed by atoms with van der Waals surface area (Å²) in [7, 11) is 0. The number of hydrogen-bond donors (Lipinski definition) is 2. The highest BCUT2D eigenvalue weighted by molar-refractivity contribution is 6.30. The lowest BCUT2D eigenvalue weighted by molar-refractivity contribution is 0.474. The van der Waals surface area contributed by atoms with Crippen molar-refractivity contribution in [3.05, 3.63) is 64.2 Å². The van der Waals surface area contributed by atoms with Crippen LogP contribution in [-0.2, 0) is 13.0 Å². The number of halogens is 1. The van der Waals surface area contributed by atoms with Gasteiger partial charge in [0.2, 0.25) is 0 Å². The summed E-state index contributed by atoms with van der Waals surface area (Å²) in [4.78, 5) is 0. The van der Waals surface area contributed by atoms with Crippen LogP contribution in [0.25, 0.3) is 0 Å². The summed E-state index contributed by atoms with van der Waals surface area (Å²) >= 11 is 5.97. The van der Waals surface area contributed by atoms with E-state index in [2.05, 4.69) is 25.2 Å². The third-order valence-corrected chi connectivity index (χ3v) is 3.98. The van der Waals surface area contributed by atoms with E-state index in [0.29, 0.717) is 11.8 Å². The number of hydrogen-bond acceptors (Lipinski definition) is 2. The molecule has 0 amide bonds. The molecule has 0 bridgehead atoms. The zero-order chi connectivity index (χ0) is 15.2. The molecule has 0 aliphatic heterocycles. The first-order valence-electron chi connectivity index (χ1n) is 7.31. The van der Waals surface area contributed by atoms with Crippen LogP contribution >= 0.6 is 11.6 Å². The molecule has 0 spiro atoms. The van der Waals surface area contributed by atoms with E-state index >= 15 is 0 Å². The van der Waals surface area contributed by atoms with Crippen molar-refractivity contribution >= 4 is 11.6 Å². The Morgan fingerprint density at radius 2 is 1.86 bits per heavy atom. The van der Waals surface area contributed by atoms with E-state index in [1.807, 2.05) is 24.3 Å². The smallest absolute Gasteiger partial charge is 0.115 e. The molecular weight excluding hydrogens is 282 g/mol. The van der Waals surface area contributed by atoms with Gasteiger partial charge in [0.1, 0.15) is 5.75 Å². The third-order valence-electron chi connectivity index (χ3n) is 3.75. The summed E-state index contributed by atoms with van der Waals surface area (Å²) in [5.74, 6) is 0.322. The zero-order valence-electron chi connectivity index (χ0n) is 12.6. The van der Waals surface area contributed by atoms with E-state index in [9.17, 15) is 5.11 Å². The molecule has 2 aromatic carbocycles. The van der Waals surface area contributed by atoms with Crippen molar-refractivity contribution in [3.8, 4) is 5.75 Å². The number of aromatic hydroxyl groups is 1. The van der Waals surface area contributed by atoms with E-state index < -0.39 is 0 Å². The molecule has 21 heavy (non-hydrogen) atoms. The van der Waals surface area contributed by atoms with E-state index in [1.165, 1.54) is 16.7 Å². The minimum atomic E-state index is 0.322. The van der Waals surface area contributed by atoms with Gasteiger partial charge < -0.3 is 10.4 Å². The fraction of sp³-hybridized carbons (Fsp3) is 0.333. The molecule has 1 unspecified atom stereocenters. The van der Waals surface area contributed by atoms with Crippen LogP contribution < -0.4 is 5.32 Å². The van der Waals surface area contributed by atoms with Crippen molar-refractivity contribution in [2.24, 2.45) is 0 Å². The number of phenols is 1. The zero-order valence-corrected chi connectivity index (χ0v) is 13.3. The van der Waals surface area contributed by atoms with Crippen molar-refractivity contribution in [1.82, 2.24) is 5.32 Å². The predicted octanol–water partition coefficient (Wildman–Crippen LogP) is 4.46. The lowest BCUT2D eigenvalue weighted by atomic mass is 10.0. The van der Waals surface area contributed by atoms with Crippen LogP contribution in [0.1, 0.15) is 30.0 Å². The summed E-state index contributed by atoms with van der Waals surface area (Å²) < 4.78 is 0. The van der Waals surface area contributed by atoms with E-state index in [0.717, 1.165) is 24.4 Å². The fourth-order valence-electron chi connectivity index (χ4n) is 2.29. The maximum Gasteiger partial charge on any atom is 0.115 e. The highest BCUT2D eigenvalue weighted by Gasteiger charge is 2.04. The molecule has 112 valence electrons. The Bertz CT molecular complexity index is 580. The molecule has 0 heterocycles. The maximum absolute atomic E-state index is 9.27. The van der Waals surface area contributed by atoms with Gasteiger partial charge >= 0.3 is 0 Å². The Hall–Kier alpha value is -1.51. The monoisotopic (exact) mass is 303 g/mol. The van der Waals surface area contributed by atoms with Gasteiger partial charge in [-0.3, -0.25) is 0 Å². The van der Waals surface area contributed by atoms with E-state index in [4.69, 9.17) is 11.6 Å². The molecule has 2 aromatic rings. The molecule has 3 heteroatoms. The minimum absolute atomic E-state index is 0.322. The van der Waals surface area contributed by atoms with E-state index in [-0.39, 0.29) is 0 Å². The molecule has 0 saturated heterocycles. The molecule has 0 aromatic heterocycles. The second kappa shape index (κ2) is 7.48. The van der Waals surface area contributed by atoms with Crippen LogP contribution in [0.2, 0.25) is 5.02 Å². The van der Waals surface area contributed by atoms with Crippen LogP contribution in [0.15, 0.2) is 42.5 Å². The standard InChI is InChI=1S/C18H22ClNO/c1-13-11-17(19)8-7-16(13)12-20-14(2)3-4-15-5-9-18(21)10-6-15/h5-11,14,20-21H,3-4,12H2,1-2H3. The highest BCUT2D eigenvalue weighted by Crippen LogP contribution is 2.16. The van der Waals surface area contributed by atoms with Crippen LogP contribution in [0.5, 0.6) is 5.75 Å².